The summed E-state index contributed by atoms with van der Waals surface area (Å²) in [5.74, 6) is -0.294. The van der Waals surface area contributed by atoms with E-state index in [0.717, 1.165) is 6.42 Å². The molecule has 1 rings (SSSR count). The van der Waals surface area contributed by atoms with Gasteiger partial charge < -0.3 is 5.73 Å². The highest BCUT2D eigenvalue weighted by Gasteiger charge is 2.27. The van der Waals surface area contributed by atoms with E-state index in [1.54, 1.807) is 0 Å². The minimum Gasteiger partial charge on any atom is -0.322 e. The van der Waals surface area contributed by atoms with Gasteiger partial charge in [0.2, 0.25) is 5.91 Å². The highest BCUT2D eigenvalue weighted by Crippen LogP contribution is 2.09. The Labute approximate surface area is 71.1 Å². The smallest absolute Gasteiger partial charge is 0.254 e. The van der Waals surface area contributed by atoms with Crippen LogP contribution < -0.4 is 5.73 Å². The van der Waals surface area contributed by atoms with Gasteiger partial charge in [-0.3, -0.25) is 19.6 Å². The topological polar surface area (TPSA) is 66.6 Å². The second-order valence-electron chi connectivity index (χ2n) is 2.72. The van der Waals surface area contributed by atoms with Gasteiger partial charge >= 0.3 is 0 Å². The average Bonchev–Trinajstić information content (AvgIpc) is 2.50. The van der Waals surface area contributed by atoms with Gasteiger partial charge in [-0.05, 0) is 6.42 Å². The van der Waals surface area contributed by atoms with Crippen LogP contribution in [0.15, 0.2) is 0 Å². The lowest BCUT2D eigenvalue weighted by Gasteiger charge is -2.26. The van der Waals surface area contributed by atoms with Gasteiger partial charge in [-0.1, -0.05) is 0 Å². The largest absolute Gasteiger partial charge is 0.322 e. The van der Waals surface area contributed by atoms with Crippen molar-refractivity contribution in [1.82, 2.24) is 10.0 Å². The van der Waals surface area contributed by atoms with Gasteiger partial charge in [0, 0.05) is 20.0 Å². The van der Waals surface area contributed by atoms with E-state index in [1.807, 2.05) is 0 Å². The van der Waals surface area contributed by atoms with Gasteiger partial charge in [0.1, 0.15) is 0 Å². The summed E-state index contributed by atoms with van der Waals surface area (Å²) >= 11 is 0. The summed E-state index contributed by atoms with van der Waals surface area (Å²) in [5.41, 5.74) is 5.19. The van der Waals surface area contributed by atoms with Crippen molar-refractivity contribution in [2.75, 3.05) is 19.6 Å². The molecule has 0 radical (unpaired) electrons. The van der Waals surface area contributed by atoms with Crippen molar-refractivity contribution in [1.29, 1.82) is 0 Å². The Morgan fingerprint density at radius 3 is 2.42 bits per heavy atom. The molecule has 1 aliphatic heterocycles. The SMILES string of the molecule is CC(=O)N1CCCN1C(=O)CN. The maximum Gasteiger partial charge on any atom is 0.254 e. The maximum absolute atomic E-state index is 11.1. The molecule has 0 spiro atoms. The molecule has 0 aromatic carbocycles. The molecule has 1 heterocycles. The highest BCUT2D eigenvalue weighted by molar-refractivity contribution is 5.82. The van der Waals surface area contributed by atoms with E-state index in [1.165, 1.54) is 16.9 Å². The minimum absolute atomic E-state index is 0.0379. The van der Waals surface area contributed by atoms with Crippen LogP contribution in [0.5, 0.6) is 0 Å². The fraction of sp³-hybridized carbons (Fsp3) is 0.714. The molecule has 0 aromatic rings. The Hall–Kier alpha value is -1.10. The van der Waals surface area contributed by atoms with Crippen molar-refractivity contribution in [2.45, 2.75) is 13.3 Å². The summed E-state index contributed by atoms with van der Waals surface area (Å²) in [7, 11) is 0. The third-order valence-corrected chi connectivity index (χ3v) is 1.86. The molecule has 0 bridgehead atoms. The first-order chi connectivity index (χ1) is 5.66. The Morgan fingerprint density at radius 2 is 1.92 bits per heavy atom. The van der Waals surface area contributed by atoms with Crippen molar-refractivity contribution in [3.05, 3.63) is 0 Å². The molecular formula is C7H13N3O2. The number of carbonyl (C=O) groups is 2. The van der Waals surface area contributed by atoms with Crippen LogP contribution in [-0.2, 0) is 9.59 Å². The summed E-state index contributed by atoms with van der Waals surface area (Å²) in [4.78, 5) is 22.1. The lowest BCUT2D eigenvalue weighted by atomic mass is 10.4. The van der Waals surface area contributed by atoms with E-state index in [2.05, 4.69) is 0 Å². The van der Waals surface area contributed by atoms with Gasteiger partial charge in [0.15, 0.2) is 0 Å². The fourth-order valence-electron chi connectivity index (χ4n) is 1.30. The summed E-state index contributed by atoms with van der Waals surface area (Å²) in [6.07, 6.45) is 0.839. The number of amides is 2. The van der Waals surface area contributed by atoms with Crippen LogP contribution in [0.4, 0.5) is 0 Å². The van der Waals surface area contributed by atoms with Crippen molar-refractivity contribution in [3.8, 4) is 0 Å². The van der Waals surface area contributed by atoms with Gasteiger partial charge in [0.25, 0.3) is 5.91 Å². The summed E-state index contributed by atoms with van der Waals surface area (Å²) in [6, 6.07) is 0. The molecule has 2 N–H and O–H groups in total. The molecule has 12 heavy (non-hydrogen) atoms. The number of hydrogen-bond acceptors (Lipinski definition) is 3. The first kappa shape index (κ1) is 8.99. The Balaban J connectivity index is 2.63. The molecule has 2 amide bonds. The number of hydrogen-bond donors (Lipinski definition) is 1. The number of rotatable bonds is 1. The average molecular weight is 171 g/mol. The number of nitrogens with zero attached hydrogens (tertiary/aromatic N) is 2. The molecule has 0 aliphatic carbocycles. The van der Waals surface area contributed by atoms with Crippen molar-refractivity contribution < 1.29 is 9.59 Å². The fourth-order valence-corrected chi connectivity index (χ4v) is 1.30. The number of carbonyl (C=O) groups excluding carboxylic acids is 2. The number of hydrazine groups is 1. The van der Waals surface area contributed by atoms with Crippen LogP contribution in [0.3, 0.4) is 0 Å². The summed E-state index contributed by atoms with van der Waals surface area (Å²) < 4.78 is 0. The third kappa shape index (κ3) is 1.55. The van der Waals surface area contributed by atoms with E-state index in [-0.39, 0.29) is 18.4 Å². The highest BCUT2D eigenvalue weighted by atomic mass is 16.2. The molecule has 1 saturated heterocycles. The van der Waals surface area contributed by atoms with Crippen LogP contribution in [0, 0.1) is 0 Å². The molecule has 1 aliphatic rings. The van der Waals surface area contributed by atoms with Crippen molar-refractivity contribution >= 4 is 11.8 Å². The van der Waals surface area contributed by atoms with Crippen LogP contribution in [0.25, 0.3) is 0 Å². The van der Waals surface area contributed by atoms with Gasteiger partial charge in [-0.25, -0.2) is 0 Å². The van der Waals surface area contributed by atoms with E-state index in [4.69, 9.17) is 5.73 Å². The van der Waals surface area contributed by atoms with Crippen molar-refractivity contribution in [3.63, 3.8) is 0 Å². The monoisotopic (exact) mass is 171 g/mol. The Bertz CT molecular complexity index is 205. The molecule has 0 saturated carbocycles. The normalized spacial score (nSPS) is 16.8. The quantitative estimate of drug-likeness (QED) is 0.547. The first-order valence-corrected chi connectivity index (χ1v) is 3.95. The van der Waals surface area contributed by atoms with Crippen LogP contribution in [0.2, 0.25) is 0 Å². The van der Waals surface area contributed by atoms with E-state index in [9.17, 15) is 9.59 Å². The second-order valence-corrected chi connectivity index (χ2v) is 2.72. The third-order valence-electron chi connectivity index (χ3n) is 1.86. The summed E-state index contributed by atoms with van der Waals surface area (Å²) in [6.45, 7) is 2.64. The Kier molecular flexibility index (Phi) is 2.65. The predicted molar refractivity (Wildman–Crippen MR) is 42.8 cm³/mol. The molecule has 1 fully saturated rings. The van der Waals surface area contributed by atoms with Crippen LogP contribution in [0.1, 0.15) is 13.3 Å². The minimum atomic E-state index is -0.192. The molecule has 0 unspecified atom stereocenters. The standard InChI is InChI=1S/C7H13N3O2/c1-6(11)9-3-2-4-10(9)7(12)5-8/h2-5,8H2,1H3. The zero-order chi connectivity index (χ0) is 9.14. The number of nitrogens with two attached hydrogens (primary N) is 1. The zero-order valence-electron chi connectivity index (χ0n) is 7.12. The van der Waals surface area contributed by atoms with Gasteiger partial charge in [0.05, 0.1) is 6.54 Å². The van der Waals surface area contributed by atoms with Gasteiger partial charge in [-0.2, -0.15) is 0 Å². The lowest BCUT2D eigenvalue weighted by Crippen LogP contribution is -2.46. The molecular weight excluding hydrogens is 158 g/mol. The summed E-state index contributed by atoms with van der Waals surface area (Å²) in [5, 5.41) is 2.86. The van der Waals surface area contributed by atoms with E-state index < -0.39 is 0 Å². The molecule has 5 nitrogen and oxygen atoms in total. The maximum atomic E-state index is 11.1. The second kappa shape index (κ2) is 3.53. The first-order valence-electron chi connectivity index (χ1n) is 3.95. The van der Waals surface area contributed by atoms with Crippen LogP contribution in [-0.4, -0.2) is 41.5 Å². The molecule has 5 heteroatoms. The van der Waals surface area contributed by atoms with Gasteiger partial charge in [-0.15, -0.1) is 0 Å². The molecule has 0 atom stereocenters. The predicted octanol–water partition coefficient (Wildman–Crippen LogP) is -1.06. The van der Waals surface area contributed by atoms with Crippen molar-refractivity contribution in [2.24, 2.45) is 5.73 Å². The van der Waals surface area contributed by atoms with Crippen LogP contribution >= 0.6 is 0 Å². The Morgan fingerprint density at radius 1 is 1.33 bits per heavy atom. The van der Waals surface area contributed by atoms with E-state index in [0.29, 0.717) is 13.1 Å². The zero-order valence-corrected chi connectivity index (χ0v) is 7.12. The molecule has 68 valence electrons. The molecule has 0 aromatic heterocycles. The lowest BCUT2D eigenvalue weighted by molar-refractivity contribution is -0.155. The van der Waals surface area contributed by atoms with E-state index >= 15 is 0 Å².